The monoisotopic (exact) mass is 346 g/mol. The number of hydrogen-bond donors (Lipinski definition) is 3. The van der Waals surface area contributed by atoms with Gasteiger partial charge in [0.2, 0.25) is 5.91 Å². The summed E-state index contributed by atoms with van der Waals surface area (Å²) in [4.78, 5) is 11.9. The first kappa shape index (κ1) is 17.9. The summed E-state index contributed by atoms with van der Waals surface area (Å²) < 4.78 is 13.8. The van der Waals surface area contributed by atoms with Crippen LogP contribution in [-0.2, 0) is 4.79 Å². The Bertz CT molecular complexity index is 661. The first-order chi connectivity index (χ1) is 12.1. The lowest BCUT2D eigenvalue weighted by molar-refractivity contribution is -0.121. The van der Waals surface area contributed by atoms with E-state index >= 15 is 0 Å². The van der Waals surface area contributed by atoms with Crippen LogP contribution in [0.1, 0.15) is 45.4 Å². The summed E-state index contributed by atoms with van der Waals surface area (Å²) in [5, 5.41) is 15.0. The zero-order valence-corrected chi connectivity index (χ0v) is 14.8. The highest BCUT2D eigenvalue weighted by Crippen LogP contribution is 2.43. The van der Waals surface area contributed by atoms with Gasteiger partial charge in [0.25, 0.3) is 0 Å². The molecular weight excluding hydrogens is 319 g/mol. The third-order valence-electron chi connectivity index (χ3n) is 5.22. The van der Waals surface area contributed by atoms with E-state index in [0.29, 0.717) is 25.2 Å². The lowest BCUT2D eigenvalue weighted by atomic mass is 9.84. The molecule has 0 saturated heterocycles. The minimum atomic E-state index is -0.106. The topological polar surface area (TPSA) is 61.4 Å². The van der Waals surface area contributed by atoms with Gasteiger partial charge in [0.05, 0.1) is 6.61 Å². The number of fused-ring (bicyclic) bond motifs is 1. The third-order valence-corrected chi connectivity index (χ3v) is 5.22. The van der Waals surface area contributed by atoms with Crippen LogP contribution in [-0.4, -0.2) is 24.2 Å². The second kappa shape index (κ2) is 8.00. The Morgan fingerprint density at radius 2 is 2.24 bits per heavy atom. The predicted molar refractivity (Wildman–Crippen MR) is 96.0 cm³/mol. The number of allylic oxidation sites excluding steroid dienone is 6. The van der Waals surface area contributed by atoms with Gasteiger partial charge < -0.3 is 15.7 Å². The zero-order chi connectivity index (χ0) is 17.8. The van der Waals surface area contributed by atoms with E-state index in [1.165, 1.54) is 18.1 Å². The van der Waals surface area contributed by atoms with Gasteiger partial charge in [-0.15, -0.1) is 0 Å². The molecule has 0 saturated carbocycles. The largest absolute Gasteiger partial charge is 0.395 e. The van der Waals surface area contributed by atoms with Crippen molar-refractivity contribution >= 4 is 5.91 Å². The molecule has 0 aromatic rings. The maximum Gasteiger partial charge on any atom is 0.220 e. The van der Waals surface area contributed by atoms with Crippen molar-refractivity contribution in [3.8, 4) is 0 Å². The van der Waals surface area contributed by atoms with E-state index < -0.39 is 0 Å². The molecule has 1 aliphatic heterocycles. The SMILES string of the molecule is C[C@@H]1CCC=C(C2=C(CCC(=O)NCCO)C3CC(F)=CC=C3N2)C1. The number of aliphatic hydroxyl groups excluding tert-OH is 1. The van der Waals surface area contributed by atoms with Crippen molar-refractivity contribution < 1.29 is 14.3 Å². The van der Waals surface area contributed by atoms with Gasteiger partial charge in [-0.1, -0.05) is 13.0 Å². The Morgan fingerprint density at radius 1 is 1.40 bits per heavy atom. The summed E-state index contributed by atoms with van der Waals surface area (Å²) in [6.07, 6.45) is 10.3. The van der Waals surface area contributed by atoms with Crippen LogP contribution in [0.25, 0.3) is 0 Å². The third kappa shape index (κ3) is 4.21. The molecule has 0 aromatic carbocycles. The van der Waals surface area contributed by atoms with E-state index in [4.69, 9.17) is 5.11 Å². The Balaban J connectivity index is 1.80. The molecule has 2 atom stereocenters. The Hall–Kier alpha value is -1.88. The average molecular weight is 346 g/mol. The molecule has 0 fully saturated rings. The number of carbonyl (C=O) groups excluding carboxylic acids is 1. The highest BCUT2D eigenvalue weighted by molar-refractivity contribution is 5.76. The van der Waals surface area contributed by atoms with E-state index in [9.17, 15) is 9.18 Å². The Kier molecular flexibility index (Phi) is 5.74. The lowest BCUT2D eigenvalue weighted by Crippen LogP contribution is -2.26. The first-order valence-corrected chi connectivity index (χ1v) is 9.21. The molecule has 3 N–H and O–H groups in total. The molecule has 1 heterocycles. The maximum absolute atomic E-state index is 13.8. The fourth-order valence-electron chi connectivity index (χ4n) is 3.93. The molecule has 136 valence electrons. The standard InChI is InChI=1S/C20H27FN2O2/c1-13-3-2-4-14(11-13)20-16(6-8-19(25)22-9-10-24)17-12-15(21)5-7-18(17)23-20/h4-5,7,13,17,23-24H,2-3,6,8-12H2,1H3,(H,22,25)/t13-,17?/m1/s1. The van der Waals surface area contributed by atoms with Gasteiger partial charge in [0.15, 0.2) is 0 Å². The summed E-state index contributed by atoms with van der Waals surface area (Å²) in [7, 11) is 0. The van der Waals surface area contributed by atoms with Crippen LogP contribution in [0.15, 0.2) is 46.6 Å². The zero-order valence-electron chi connectivity index (χ0n) is 14.8. The summed E-state index contributed by atoms with van der Waals surface area (Å²) in [5.74, 6) is 0.486. The van der Waals surface area contributed by atoms with Gasteiger partial charge in [0, 0.05) is 36.7 Å². The van der Waals surface area contributed by atoms with E-state index in [2.05, 4.69) is 23.6 Å². The smallest absolute Gasteiger partial charge is 0.220 e. The number of nitrogens with one attached hydrogen (secondary N) is 2. The molecule has 3 aliphatic rings. The van der Waals surface area contributed by atoms with Crippen molar-refractivity contribution in [2.24, 2.45) is 11.8 Å². The quantitative estimate of drug-likeness (QED) is 0.692. The van der Waals surface area contributed by atoms with Crippen LogP contribution in [0, 0.1) is 11.8 Å². The van der Waals surface area contributed by atoms with Gasteiger partial charge in [-0.2, -0.15) is 0 Å². The van der Waals surface area contributed by atoms with Gasteiger partial charge in [-0.3, -0.25) is 4.79 Å². The molecule has 0 spiro atoms. The number of carbonyl (C=O) groups is 1. The fourth-order valence-corrected chi connectivity index (χ4v) is 3.93. The number of aliphatic hydroxyl groups is 1. The summed E-state index contributed by atoms with van der Waals surface area (Å²) in [6.45, 7) is 2.48. The number of rotatable bonds is 6. The summed E-state index contributed by atoms with van der Waals surface area (Å²) in [5.41, 5.74) is 4.61. The molecular formula is C20H27FN2O2. The van der Waals surface area contributed by atoms with E-state index in [1.54, 1.807) is 0 Å². The second-order valence-corrected chi connectivity index (χ2v) is 7.21. The maximum atomic E-state index is 13.8. The van der Waals surface area contributed by atoms with Gasteiger partial charge in [-0.25, -0.2) is 4.39 Å². The summed E-state index contributed by atoms with van der Waals surface area (Å²) >= 11 is 0. The second-order valence-electron chi connectivity index (χ2n) is 7.21. The van der Waals surface area contributed by atoms with Crippen LogP contribution in [0.4, 0.5) is 4.39 Å². The number of hydrogen-bond acceptors (Lipinski definition) is 3. The van der Waals surface area contributed by atoms with Crippen molar-refractivity contribution in [1.82, 2.24) is 10.6 Å². The fraction of sp³-hybridized carbons (Fsp3) is 0.550. The summed E-state index contributed by atoms with van der Waals surface area (Å²) in [6, 6.07) is 0. The number of amides is 1. The van der Waals surface area contributed by atoms with Gasteiger partial charge in [0.1, 0.15) is 5.83 Å². The van der Waals surface area contributed by atoms with Crippen molar-refractivity contribution in [2.75, 3.05) is 13.2 Å². The highest BCUT2D eigenvalue weighted by atomic mass is 19.1. The average Bonchev–Trinajstić information content (AvgIpc) is 2.96. The minimum Gasteiger partial charge on any atom is -0.395 e. The molecule has 1 unspecified atom stereocenters. The van der Waals surface area contributed by atoms with Crippen LogP contribution in [0.2, 0.25) is 0 Å². The molecule has 0 aromatic heterocycles. The molecule has 2 aliphatic carbocycles. The van der Waals surface area contributed by atoms with Crippen molar-refractivity contribution in [3.05, 3.63) is 46.6 Å². The normalized spacial score (nSPS) is 25.6. The van der Waals surface area contributed by atoms with Crippen molar-refractivity contribution in [3.63, 3.8) is 0 Å². The van der Waals surface area contributed by atoms with E-state index in [-0.39, 0.29) is 30.8 Å². The molecule has 1 amide bonds. The lowest BCUT2D eigenvalue weighted by Gasteiger charge is -2.21. The molecule has 25 heavy (non-hydrogen) atoms. The minimum absolute atomic E-state index is 0.0174. The van der Waals surface area contributed by atoms with Crippen LogP contribution < -0.4 is 10.6 Å². The predicted octanol–water partition coefficient (Wildman–Crippen LogP) is 3.24. The van der Waals surface area contributed by atoms with Crippen LogP contribution in [0.5, 0.6) is 0 Å². The van der Waals surface area contributed by atoms with Crippen molar-refractivity contribution in [2.45, 2.75) is 45.4 Å². The van der Waals surface area contributed by atoms with E-state index in [0.717, 1.165) is 29.8 Å². The van der Waals surface area contributed by atoms with Crippen molar-refractivity contribution in [1.29, 1.82) is 0 Å². The molecule has 0 bridgehead atoms. The molecule has 3 rings (SSSR count). The molecule has 0 radical (unpaired) electrons. The van der Waals surface area contributed by atoms with Gasteiger partial charge >= 0.3 is 0 Å². The van der Waals surface area contributed by atoms with Crippen LogP contribution >= 0.6 is 0 Å². The van der Waals surface area contributed by atoms with E-state index in [1.807, 2.05) is 6.08 Å². The first-order valence-electron chi connectivity index (χ1n) is 9.21. The Morgan fingerprint density at radius 3 is 3.00 bits per heavy atom. The van der Waals surface area contributed by atoms with Gasteiger partial charge in [-0.05, 0) is 54.9 Å². The van der Waals surface area contributed by atoms with Crippen LogP contribution in [0.3, 0.4) is 0 Å². The number of halogens is 1. The molecule has 5 heteroatoms. The Labute approximate surface area is 148 Å². The highest BCUT2D eigenvalue weighted by Gasteiger charge is 2.34. The molecule has 4 nitrogen and oxygen atoms in total.